The van der Waals surface area contributed by atoms with Crippen molar-refractivity contribution in [2.45, 2.75) is 26.9 Å². The Morgan fingerprint density at radius 2 is 1.69 bits per heavy atom. The molecule has 0 unspecified atom stereocenters. The van der Waals surface area contributed by atoms with Crippen LogP contribution in [0.1, 0.15) is 30.5 Å². The molecule has 0 aliphatic carbocycles. The van der Waals surface area contributed by atoms with E-state index in [1.54, 1.807) is 6.21 Å². The first-order valence-electron chi connectivity index (χ1n) is 10.3. The summed E-state index contributed by atoms with van der Waals surface area (Å²) < 4.78 is 5.95. The van der Waals surface area contributed by atoms with Crippen LogP contribution in [0.15, 0.2) is 77.9 Å². The average Bonchev–Trinajstić information content (AvgIpc) is 2.79. The summed E-state index contributed by atoms with van der Waals surface area (Å²) >= 11 is 5.27. The van der Waals surface area contributed by atoms with Gasteiger partial charge in [-0.05, 0) is 77.8 Å². The van der Waals surface area contributed by atoms with Crippen LogP contribution in [-0.4, -0.2) is 17.2 Å². The molecule has 3 rings (SSSR count). The first-order valence-corrected chi connectivity index (χ1v) is 10.7. The molecule has 0 saturated carbocycles. The fraction of sp³-hybridized carbons (Fsp3) is 0.160. The number of carbonyl (C=O) groups excluding carboxylic acids is 1. The lowest BCUT2D eigenvalue weighted by atomic mass is 10.0. The van der Waals surface area contributed by atoms with Crippen molar-refractivity contribution in [3.05, 3.63) is 89.5 Å². The molecule has 0 radical (unpaired) electrons. The third-order valence-electron chi connectivity index (χ3n) is 4.59. The molecular weight excluding hydrogens is 420 g/mol. The quantitative estimate of drug-likeness (QED) is 0.255. The van der Waals surface area contributed by atoms with Gasteiger partial charge < -0.3 is 15.4 Å². The molecule has 0 aliphatic heterocycles. The monoisotopic (exact) mass is 446 g/mol. The minimum Gasteiger partial charge on any atom is -0.489 e. The number of nitrogens with one attached hydrogen (secondary N) is 3. The first kappa shape index (κ1) is 23.0. The van der Waals surface area contributed by atoms with Crippen molar-refractivity contribution in [3.63, 3.8) is 0 Å². The second-order valence-corrected chi connectivity index (χ2v) is 7.47. The second-order valence-electron chi connectivity index (χ2n) is 7.07. The van der Waals surface area contributed by atoms with Gasteiger partial charge in [0, 0.05) is 18.3 Å². The van der Waals surface area contributed by atoms with Crippen molar-refractivity contribution in [1.29, 1.82) is 0 Å². The lowest BCUT2D eigenvalue weighted by Gasteiger charge is -2.12. The van der Waals surface area contributed by atoms with E-state index in [0.717, 1.165) is 34.7 Å². The molecule has 1 amide bonds. The van der Waals surface area contributed by atoms with Crippen LogP contribution >= 0.6 is 12.2 Å². The number of anilines is 2. The Bertz CT molecular complexity index is 1080. The van der Waals surface area contributed by atoms with Gasteiger partial charge in [-0.15, -0.1) is 0 Å². The summed E-state index contributed by atoms with van der Waals surface area (Å²) in [5.41, 5.74) is 7.72. The number of hydrazone groups is 1. The number of amides is 1. The summed E-state index contributed by atoms with van der Waals surface area (Å²) in [7, 11) is 0. The van der Waals surface area contributed by atoms with Gasteiger partial charge in [-0.1, -0.05) is 37.3 Å². The fourth-order valence-corrected chi connectivity index (χ4v) is 3.22. The molecule has 0 heterocycles. The molecule has 32 heavy (non-hydrogen) atoms. The maximum absolute atomic E-state index is 11.1. The number of carbonyl (C=O) groups is 1. The van der Waals surface area contributed by atoms with Crippen LogP contribution in [0.5, 0.6) is 5.75 Å². The molecule has 0 aromatic heterocycles. The third-order valence-corrected chi connectivity index (χ3v) is 4.78. The molecule has 3 aromatic carbocycles. The summed E-state index contributed by atoms with van der Waals surface area (Å²) in [5.74, 6) is 0.634. The maximum atomic E-state index is 11.1. The number of thiocarbonyl (C=S) groups is 1. The van der Waals surface area contributed by atoms with Crippen molar-refractivity contribution in [2.75, 3.05) is 10.6 Å². The van der Waals surface area contributed by atoms with Gasteiger partial charge in [0.15, 0.2) is 5.11 Å². The van der Waals surface area contributed by atoms with E-state index in [-0.39, 0.29) is 5.91 Å². The van der Waals surface area contributed by atoms with Gasteiger partial charge in [-0.25, -0.2) is 0 Å². The lowest BCUT2D eigenvalue weighted by molar-refractivity contribution is -0.114. The second kappa shape index (κ2) is 11.6. The zero-order valence-corrected chi connectivity index (χ0v) is 18.9. The standard InChI is InChI=1S/C25H26N4O2S/c1-3-20-10-9-19(16-26-29-25(32)28-22-7-5-4-6-8-22)15-21(20)17-31-24-13-11-23(12-14-24)27-18(2)30/h4-16H,3,17H2,1-2H3,(H,27,30)(H2,28,29,32). The Kier molecular flexibility index (Phi) is 8.34. The van der Waals surface area contributed by atoms with Crippen LogP contribution in [0.4, 0.5) is 11.4 Å². The topological polar surface area (TPSA) is 74.8 Å². The van der Waals surface area contributed by atoms with Crippen molar-refractivity contribution in [1.82, 2.24) is 5.43 Å². The fourth-order valence-electron chi connectivity index (χ4n) is 3.05. The predicted molar refractivity (Wildman–Crippen MR) is 134 cm³/mol. The van der Waals surface area contributed by atoms with Crippen LogP contribution in [-0.2, 0) is 17.8 Å². The minimum absolute atomic E-state index is 0.101. The normalized spacial score (nSPS) is 10.6. The first-order chi connectivity index (χ1) is 15.5. The van der Waals surface area contributed by atoms with Gasteiger partial charge in [0.1, 0.15) is 12.4 Å². The molecule has 0 aliphatic rings. The SMILES string of the molecule is CCc1ccc(C=NNC(=S)Nc2ccccc2)cc1COc1ccc(NC(C)=O)cc1. The van der Waals surface area contributed by atoms with Gasteiger partial charge in [-0.2, -0.15) is 5.10 Å². The zero-order valence-electron chi connectivity index (χ0n) is 18.1. The Balaban J connectivity index is 1.59. The number of para-hydroxylation sites is 1. The number of aryl methyl sites for hydroxylation is 1. The maximum Gasteiger partial charge on any atom is 0.221 e. The largest absolute Gasteiger partial charge is 0.489 e. The number of hydrogen-bond acceptors (Lipinski definition) is 4. The Morgan fingerprint density at radius 3 is 2.38 bits per heavy atom. The molecule has 0 atom stereocenters. The predicted octanol–water partition coefficient (Wildman–Crippen LogP) is 5.11. The number of hydrogen-bond donors (Lipinski definition) is 3. The number of rotatable bonds is 8. The van der Waals surface area contributed by atoms with Crippen LogP contribution in [0.3, 0.4) is 0 Å². The number of nitrogens with zero attached hydrogens (tertiary/aromatic N) is 1. The van der Waals surface area contributed by atoms with Crippen LogP contribution < -0.4 is 20.8 Å². The van der Waals surface area contributed by atoms with E-state index in [1.807, 2.05) is 60.7 Å². The van der Waals surface area contributed by atoms with Gasteiger partial charge in [0.05, 0.1) is 6.21 Å². The number of benzene rings is 3. The Hall–Kier alpha value is -3.71. The van der Waals surface area contributed by atoms with Gasteiger partial charge in [-0.3, -0.25) is 10.2 Å². The van der Waals surface area contributed by atoms with Crippen molar-refractivity contribution >= 4 is 40.8 Å². The molecule has 0 spiro atoms. The highest BCUT2D eigenvalue weighted by Crippen LogP contribution is 2.19. The van der Waals surface area contributed by atoms with Crippen LogP contribution in [0.2, 0.25) is 0 Å². The summed E-state index contributed by atoms with van der Waals surface area (Å²) in [6, 6.07) is 23.2. The van der Waals surface area contributed by atoms with E-state index in [1.165, 1.54) is 12.5 Å². The summed E-state index contributed by atoms with van der Waals surface area (Å²) in [6.07, 6.45) is 2.63. The van der Waals surface area contributed by atoms with E-state index in [9.17, 15) is 4.79 Å². The van der Waals surface area contributed by atoms with E-state index >= 15 is 0 Å². The highest BCUT2D eigenvalue weighted by molar-refractivity contribution is 7.80. The molecule has 0 bridgehead atoms. The van der Waals surface area contributed by atoms with Gasteiger partial charge in [0.25, 0.3) is 0 Å². The smallest absolute Gasteiger partial charge is 0.221 e. The Morgan fingerprint density at radius 1 is 0.969 bits per heavy atom. The molecule has 0 fully saturated rings. The van der Waals surface area contributed by atoms with Crippen LogP contribution in [0, 0.1) is 0 Å². The molecule has 3 N–H and O–H groups in total. The lowest BCUT2D eigenvalue weighted by Crippen LogP contribution is -2.23. The molecular formula is C25H26N4O2S. The zero-order chi connectivity index (χ0) is 22.8. The molecule has 0 saturated heterocycles. The molecule has 6 nitrogen and oxygen atoms in total. The van der Waals surface area contributed by atoms with Crippen molar-refractivity contribution in [3.8, 4) is 5.75 Å². The number of ether oxygens (including phenoxy) is 1. The van der Waals surface area contributed by atoms with E-state index < -0.39 is 0 Å². The van der Waals surface area contributed by atoms with E-state index in [0.29, 0.717) is 11.7 Å². The highest BCUT2D eigenvalue weighted by Gasteiger charge is 2.05. The molecule has 3 aromatic rings. The highest BCUT2D eigenvalue weighted by atomic mass is 32.1. The van der Waals surface area contributed by atoms with Crippen molar-refractivity contribution in [2.24, 2.45) is 5.10 Å². The summed E-state index contributed by atoms with van der Waals surface area (Å²) in [6.45, 7) is 4.03. The van der Waals surface area contributed by atoms with Gasteiger partial charge >= 0.3 is 0 Å². The van der Waals surface area contributed by atoms with Crippen molar-refractivity contribution < 1.29 is 9.53 Å². The Labute approximate surface area is 193 Å². The van der Waals surface area contributed by atoms with E-state index in [2.05, 4.69) is 40.2 Å². The average molecular weight is 447 g/mol. The molecule has 7 heteroatoms. The third kappa shape index (κ3) is 7.21. The van der Waals surface area contributed by atoms with Crippen LogP contribution in [0.25, 0.3) is 0 Å². The summed E-state index contributed by atoms with van der Waals surface area (Å²) in [5, 5.41) is 10.5. The molecule has 164 valence electrons. The summed E-state index contributed by atoms with van der Waals surface area (Å²) in [4.78, 5) is 11.1. The van der Waals surface area contributed by atoms with Gasteiger partial charge in [0.2, 0.25) is 5.91 Å². The van der Waals surface area contributed by atoms with E-state index in [4.69, 9.17) is 17.0 Å². The minimum atomic E-state index is -0.101.